The Hall–Kier alpha value is -0.0800. The van der Waals surface area contributed by atoms with Gasteiger partial charge in [0.15, 0.2) is 0 Å². The second kappa shape index (κ2) is 3.55. The highest BCUT2D eigenvalue weighted by molar-refractivity contribution is 4.93. The van der Waals surface area contributed by atoms with Gasteiger partial charge in [-0.25, -0.2) is 0 Å². The van der Waals surface area contributed by atoms with Crippen LogP contribution < -0.4 is 5.73 Å². The monoisotopic (exact) mass is 157 g/mol. The topological polar surface area (TPSA) is 35.2 Å². The van der Waals surface area contributed by atoms with Crippen molar-refractivity contribution in [2.24, 2.45) is 11.1 Å². The molecule has 2 nitrogen and oxygen atoms in total. The summed E-state index contributed by atoms with van der Waals surface area (Å²) in [6, 6.07) is 0. The summed E-state index contributed by atoms with van der Waals surface area (Å²) >= 11 is 0. The molecule has 2 heteroatoms. The van der Waals surface area contributed by atoms with Gasteiger partial charge in [-0.1, -0.05) is 13.3 Å². The first kappa shape index (κ1) is 9.01. The molecule has 0 aromatic carbocycles. The van der Waals surface area contributed by atoms with Crippen LogP contribution >= 0.6 is 0 Å². The van der Waals surface area contributed by atoms with Crippen molar-refractivity contribution in [1.82, 2.24) is 0 Å². The maximum Gasteiger partial charge on any atom is 0.0749 e. The van der Waals surface area contributed by atoms with Gasteiger partial charge in [0, 0.05) is 13.7 Å². The SMILES string of the molecule is CCC1(C(CN)OC)CCC1. The second-order valence-corrected chi connectivity index (χ2v) is 3.53. The molecule has 1 aliphatic rings. The third kappa shape index (κ3) is 1.42. The molecule has 0 radical (unpaired) electrons. The molecule has 11 heavy (non-hydrogen) atoms. The summed E-state index contributed by atoms with van der Waals surface area (Å²) in [6.07, 6.45) is 5.47. The fourth-order valence-electron chi connectivity index (χ4n) is 2.13. The fraction of sp³-hybridized carbons (Fsp3) is 1.00. The summed E-state index contributed by atoms with van der Waals surface area (Å²) < 4.78 is 5.37. The van der Waals surface area contributed by atoms with Crippen LogP contribution in [0.2, 0.25) is 0 Å². The fourth-order valence-corrected chi connectivity index (χ4v) is 2.13. The van der Waals surface area contributed by atoms with E-state index in [4.69, 9.17) is 10.5 Å². The molecule has 1 saturated carbocycles. The Bertz CT molecular complexity index is 111. The summed E-state index contributed by atoms with van der Waals surface area (Å²) in [6.45, 7) is 2.91. The molecule has 2 N–H and O–H groups in total. The zero-order chi connectivity index (χ0) is 8.32. The summed E-state index contributed by atoms with van der Waals surface area (Å²) in [7, 11) is 1.77. The van der Waals surface area contributed by atoms with Gasteiger partial charge in [0.05, 0.1) is 6.10 Å². The molecular formula is C9H19NO. The molecule has 0 spiro atoms. The molecule has 0 bridgehead atoms. The zero-order valence-corrected chi connectivity index (χ0v) is 7.60. The third-order valence-electron chi connectivity index (χ3n) is 3.24. The summed E-state index contributed by atoms with van der Waals surface area (Å²) in [5, 5.41) is 0. The molecule has 0 aliphatic heterocycles. The normalized spacial score (nSPS) is 24.3. The van der Waals surface area contributed by atoms with Gasteiger partial charge in [-0.3, -0.25) is 0 Å². The van der Waals surface area contributed by atoms with Crippen molar-refractivity contribution in [3.05, 3.63) is 0 Å². The highest BCUT2D eigenvalue weighted by Gasteiger charge is 2.41. The van der Waals surface area contributed by atoms with E-state index in [0.29, 0.717) is 18.1 Å². The molecule has 0 saturated heterocycles. The largest absolute Gasteiger partial charge is 0.380 e. The predicted octanol–water partition coefficient (Wildman–Crippen LogP) is 1.54. The van der Waals surface area contributed by atoms with E-state index in [2.05, 4.69) is 6.92 Å². The first-order valence-electron chi connectivity index (χ1n) is 4.52. The van der Waals surface area contributed by atoms with Gasteiger partial charge in [0.25, 0.3) is 0 Å². The lowest BCUT2D eigenvalue weighted by Crippen LogP contribution is -2.46. The molecule has 0 amide bonds. The van der Waals surface area contributed by atoms with E-state index in [1.54, 1.807) is 7.11 Å². The van der Waals surface area contributed by atoms with Crippen LogP contribution in [0.5, 0.6) is 0 Å². The van der Waals surface area contributed by atoms with Gasteiger partial charge in [0.1, 0.15) is 0 Å². The highest BCUT2D eigenvalue weighted by atomic mass is 16.5. The van der Waals surface area contributed by atoms with Gasteiger partial charge in [-0.15, -0.1) is 0 Å². The lowest BCUT2D eigenvalue weighted by atomic mass is 9.63. The molecule has 0 aromatic heterocycles. The minimum atomic E-state index is 0.293. The summed E-state index contributed by atoms with van der Waals surface area (Å²) in [5.41, 5.74) is 6.06. The summed E-state index contributed by atoms with van der Waals surface area (Å²) in [5.74, 6) is 0. The van der Waals surface area contributed by atoms with E-state index in [-0.39, 0.29) is 0 Å². The molecule has 0 aromatic rings. The van der Waals surface area contributed by atoms with E-state index < -0.39 is 0 Å². The Morgan fingerprint density at radius 2 is 2.18 bits per heavy atom. The van der Waals surface area contributed by atoms with Gasteiger partial charge < -0.3 is 10.5 Å². The van der Waals surface area contributed by atoms with Crippen LogP contribution in [0.15, 0.2) is 0 Å². The van der Waals surface area contributed by atoms with Crippen LogP contribution in [-0.4, -0.2) is 19.8 Å². The summed E-state index contributed by atoms with van der Waals surface area (Å²) in [4.78, 5) is 0. The number of hydrogen-bond donors (Lipinski definition) is 1. The average Bonchev–Trinajstić information content (AvgIpc) is 1.96. The Kier molecular flexibility index (Phi) is 2.90. The molecule has 1 rings (SSSR count). The molecule has 1 atom stereocenters. The van der Waals surface area contributed by atoms with Crippen LogP contribution in [0.3, 0.4) is 0 Å². The lowest BCUT2D eigenvalue weighted by molar-refractivity contribution is -0.0576. The molecule has 0 heterocycles. The molecule has 66 valence electrons. The van der Waals surface area contributed by atoms with Crippen molar-refractivity contribution in [2.75, 3.05) is 13.7 Å². The first-order chi connectivity index (χ1) is 5.29. The van der Waals surface area contributed by atoms with Gasteiger partial charge in [0.2, 0.25) is 0 Å². The Labute approximate surface area is 69.1 Å². The van der Waals surface area contributed by atoms with Crippen LogP contribution in [0.4, 0.5) is 0 Å². The van der Waals surface area contributed by atoms with Crippen molar-refractivity contribution in [3.63, 3.8) is 0 Å². The van der Waals surface area contributed by atoms with Crippen LogP contribution in [0, 0.1) is 5.41 Å². The van der Waals surface area contributed by atoms with Crippen molar-refractivity contribution in [1.29, 1.82) is 0 Å². The van der Waals surface area contributed by atoms with Gasteiger partial charge in [-0.05, 0) is 24.7 Å². The van der Waals surface area contributed by atoms with Crippen molar-refractivity contribution < 1.29 is 4.74 Å². The standard InChI is InChI=1S/C9H19NO/c1-3-9(5-4-6-9)8(7-10)11-2/h8H,3-7,10H2,1-2H3. The Morgan fingerprint density at radius 1 is 1.55 bits per heavy atom. The Morgan fingerprint density at radius 3 is 2.27 bits per heavy atom. The minimum absolute atomic E-state index is 0.293. The van der Waals surface area contributed by atoms with Crippen molar-refractivity contribution in [2.45, 2.75) is 38.7 Å². The van der Waals surface area contributed by atoms with Crippen LogP contribution in [0.1, 0.15) is 32.6 Å². The predicted molar refractivity (Wildman–Crippen MR) is 46.4 cm³/mol. The number of hydrogen-bond acceptors (Lipinski definition) is 2. The number of methoxy groups -OCH3 is 1. The maximum atomic E-state index is 5.63. The highest BCUT2D eigenvalue weighted by Crippen LogP contribution is 2.47. The smallest absolute Gasteiger partial charge is 0.0749 e. The van der Waals surface area contributed by atoms with E-state index in [0.717, 1.165) is 0 Å². The van der Waals surface area contributed by atoms with E-state index in [1.165, 1.54) is 25.7 Å². The van der Waals surface area contributed by atoms with E-state index >= 15 is 0 Å². The first-order valence-corrected chi connectivity index (χ1v) is 4.52. The van der Waals surface area contributed by atoms with E-state index in [1.807, 2.05) is 0 Å². The molecule has 1 unspecified atom stereocenters. The molecule has 1 aliphatic carbocycles. The third-order valence-corrected chi connectivity index (χ3v) is 3.24. The lowest BCUT2D eigenvalue weighted by Gasteiger charge is -2.46. The van der Waals surface area contributed by atoms with E-state index in [9.17, 15) is 0 Å². The molecule has 1 fully saturated rings. The van der Waals surface area contributed by atoms with Gasteiger partial charge >= 0.3 is 0 Å². The average molecular weight is 157 g/mol. The number of rotatable bonds is 4. The van der Waals surface area contributed by atoms with Crippen LogP contribution in [-0.2, 0) is 4.74 Å². The molecular weight excluding hydrogens is 138 g/mol. The number of nitrogens with two attached hydrogens (primary N) is 1. The van der Waals surface area contributed by atoms with Crippen LogP contribution in [0.25, 0.3) is 0 Å². The number of ether oxygens (including phenoxy) is 1. The van der Waals surface area contributed by atoms with Gasteiger partial charge in [-0.2, -0.15) is 0 Å². The second-order valence-electron chi connectivity index (χ2n) is 3.53. The minimum Gasteiger partial charge on any atom is -0.380 e. The quantitative estimate of drug-likeness (QED) is 0.672. The van der Waals surface area contributed by atoms with Crippen molar-refractivity contribution >= 4 is 0 Å². The maximum absolute atomic E-state index is 5.63. The van der Waals surface area contributed by atoms with Crippen molar-refractivity contribution in [3.8, 4) is 0 Å². The zero-order valence-electron chi connectivity index (χ0n) is 7.60. The Balaban J connectivity index is 2.51.